The second-order valence-electron chi connectivity index (χ2n) is 30.0. The maximum Gasteiger partial charge on any atom is 0.248 e. The van der Waals surface area contributed by atoms with E-state index in [2.05, 4.69) is 21.3 Å². The standard InChI is InChI=1S/C75H120N12O15/c1-20-101-37-36-87-45-63(91)82(16)60(42-53-32-26-22-27-33-53)72(98)84(18)57(39-48(4)5)67(93)77-55(46-102-75(11,12)13)70(96)83(17)56(38-47(2)3)66(92)76-54(71(97)86-34-28-23-29-35-86)43-61(89)80(14)44-62(90)81(15)59(41-52-30-24-21-25-31-52)69(95)78-64(50(8)9)73(99)85(19)58(40-49(6)7)68(94)79-65(51(10)88)74(87)100/h21-22,24-27,30-33,47-51,54-60,64-65,88H,20,23,28-29,34-46H2,1-19H3,(H,76,92)(H,77,93)(H,78,95)(H,79,94)/t51-,54+,55+,56+,57+,58+,59+,60+,64+,65+/m1/s1. The highest BCUT2D eigenvalue weighted by molar-refractivity contribution is 6.00. The Balaban J connectivity index is 2.00. The van der Waals surface area contributed by atoms with Crippen molar-refractivity contribution >= 4 is 70.9 Å². The summed E-state index contributed by atoms with van der Waals surface area (Å²) >= 11 is 0. The highest BCUT2D eigenvalue weighted by atomic mass is 16.5. The molecule has 0 spiro atoms. The number of likely N-dealkylation sites (tertiary alicyclic amines) is 1. The summed E-state index contributed by atoms with van der Waals surface area (Å²) in [5.74, 6) is -10.3. The molecule has 5 N–H and O–H groups in total. The Morgan fingerprint density at radius 3 is 1.44 bits per heavy atom. The van der Waals surface area contributed by atoms with E-state index in [0.717, 1.165) is 16.2 Å². The first kappa shape index (κ1) is 86.4. The molecule has 0 saturated carbocycles. The van der Waals surface area contributed by atoms with Gasteiger partial charge in [0.25, 0.3) is 0 Å². The first-order valence-electron chi connectivity index (χ1n) is 36.1. The molecule has 570 valence electrons. The maximum atomic E-state index is 15.5. The number of ether oxygens (including phenoxy) is 2. The Morgan fingerprint density at radius 2 is 0.961 bits per heavy atom. The van der Waals surface area contributed by atoms with E-state index < -0.39 is 169 Å². The molecule has 10 atom stereocenters. The summed E-state index contributed by atoms with van der Waals surface area (Å²) in [6, 6.07) is 5.13. The van der Waals surface area contributed by atoms with Crippen LogP contribution in [0.5, 0.6) is 0 Å². The predicted octanol–water partition coefficient (Wildman–Crippen LogP) is 3.28. The van der Waals surface area contributed by atoms with Gasteiger partial charge in [-0.25, -0.2) is 0 Å². The minimum atomic E-state index is -1.71. The van der Waals surface area contributed by atoms with Gasteiger partial charge in [-0.15, -0.1) is 0 Å². The zero-order chi connectivity index (χ0) is 76.6. The largest absolute Gasteiger partial charge is 0.391 e. The normalized spacial score (nSPS) is 24.2. The van der Waals surface area contributed by atoms with Gasteiger partial charge in [0.1, 0.15) is 54.4 Å². The summed E-state index contributed by atoms with van der Waals surface area (Å²) in [4.78, 5) is 190. The average molecular weight is 1430 g/mol. The Hall–Kier alpha value is -8.04. The number of nitrogens with one attached hydrogen (secondary N) is 4. The molecule has 2 heterocycles. The van der Waals surface area contributed by atoms with Gasteiger partial charge < -0.3 is 75.0 Å². The number of hydrogen-bond acceptors (Lipinski definition) is 15. The van der Waals surface area contributed by atoms with Crippen molar-refractivity contribution in [2.24, 2.45) is 23.7 Å². The third-order valence-corrected chi connectivity index (χ3v) is 18.7. The van der Waals surface area contributed by atoms with Crippen LogP contribution in [0.2, 0.25) is 0 Å². The van der Waals surface area contributed by atoms with E-state index in [0.29, 0.717) is 37.1 Å². The monoisotopic (exact) mass is 1430 g/mol. The molecule has 102 heavy (non-hydrogen) atoms. The van der Waals surface area contributed by atoms with E-state index in [4.69, 9.17) is 9.47 Å². The molecular weight excluding hydrogens is 1310 g/mol. The summed E-state index contributed by atoms with van der Waals surface area (Å²) in [5, 5.41) is 22.7. The van der Waals surface area contributed by atoms with E-state index in [1.165, 1.54) is 73.7 Å². The average Bonchev–Trinajstić information content (AvgIpc) is 0.823. The van der Waals surface area contributed by atoms with Gasteiger partial charge in [-0.3, -0.25) is 57.5 Å². The fraction of sp³-hybridized carbons (Fsp3) is 0.680. The van der Waals surface area contributed by atoms with Crippen molar-refractivity contribution < 1.29 is 72.1 Å². The molecule has 0 unspecified atom stereocenters. The number of aliphatic hydroxyl groups excluding tert-OH is 1. The van der Waals surface area contributed by atoms with Crippen LogP contribution >= 0.6 is 0 Å². The van der Waals surface area contributed by atoms with Crippen molar-refractivity contribution in [1.29, 1.82) is 0 Å². The van der Waals surface area contributed by atoms with Gasteiger partial charge in [0.2, 0.25) is 70.9 Å². The SMILES string of the molecule is CCOCCN1CC(=O)N(C)[C@@H](Cc2ccccc2)C(=O)N(C)[C@@H](CC(C)C)C(=O)N[C@@H](COC(C)(C)C)C(=O)N(C)[C@@H](CC(C)C)C(=O)N[C@H](C(=O)N2CCCCC2)CC(=O)N(C)CC(=O)N(C)[C@@H](Cc2ccccc2)C(=O)N[C@@H](C(C)C)C(=O)N(C)[C@@H](CC(C)C)C(=O)N[C@@H]([C@@H](C)O)C1=O. The van der Waals surface area contributed by atoms with Crippen LogP contribution < -0.4 is 21.3 Å². The Morgan fingerprint density at radius 1 is 0.520 bits per heavy atom. The lowest BCUT2D eigenvalue weighted by Crippen LogP contribution is -2.62. The topological polar surface area (TPSA) is 318 Å². The second-order valence-corrected chi connectivity index (χ2v) is 30.0. The minimum absolute atomic E-state index is 0.0375. The van der Waals surface area contributed by atoms with E-state index in [-0.39, 0.29) is 69.6 Å². The van der Waals surface area contributed by atoms with Crippen molar-refractivity contribution in [3.63, 3.8) is 0 Å². The number of nitrogens with zero attached hydrogens (tertiary/aromatic N) is 8. The number of carbonyl (C=O) groups is 12. The summed E-state index contributed by atoms with van der Waals surface area (Å²) in [6.07, 6.45) is 0.0130. The number of aliphatic hydroxyl groups is 1. The summed E-state index contributed by atoms with van der Waals surface area (Å²) in [6.45, 7) is 21.6. The maximum absolute atomic E-state index is 15.5. The van der Waals surface area contributed by atoms with Crippen LogP contribution in [0, 0.1) is 23.7 Å². The van der Waals surface area contributed by atoms with Crippen LogP contribution in [0.4, 0.5) is 0 Å². The molecule has 2 aromatic rings. The molecular formula is C75H120N12O15. The lowest BCUT2D eigenvalue weighted by Gasteiger charge is -2.38. The number of rotatable bonds is 19. The van der Waals surface area contributed by atoms with Gasteiger partial charge in [0.15, 0.2) is 0 Å². The van der Waals surface area contributed by atoms with Gasteiger partial charge in [0, 0.05) is 81.4 Å². The van der Waals surface area contributed by atoms with Gasteiger partial charge in [0.05, 0.1) is 44.4 Å². The first-order chi connectivity index (χ1) is 47.8. The van der Waals surface area contributed by atoms with Crippen molar-refractivity contribution in [3.8, 4) is 0 Å². The minimum Gasteiger partial charge on any atom is -0.391 e. The van der Waals surface area contributed by atoms with E-state index >= 15 is 33.6 Å². The number of amides is 12. The lowest BCUT2D eigenvalue weighted by atomic mass is 9.97. The molecule has 0 radical (unpaired) electrons. The molecule has 2 fully saturated rings. The fourth-order valence-electron chi connectivity index (χ4n) is 12.4. The molecule has 0 bridgehead atoms. The van der Waals surface area contributed by atoms with Crippen LogP contribution in [0.3, 0.4) is 0 Å². The Kier molecular flexibility index (Phi) is 34.5. The molecule has 0 aromatic heterocycles. The molecule has 2 aliphatic heterocycles. The van der Waals surface area contributed by atoms with E-state index in [1.807, 2.05) is 41.5 Å². The number of piperidine rings is 1. The Bertz CT molecular complexity index is 3120. The van der Waals surface area contributed by atoms with Crippen LogP contribution in [0.25, 0.3) is 0 Å². The molecule has 27 nitrogen and oxygen atoms in total. The summed E-state index contributed by atoms with van der Waals surface area (Å²) < 4.78 is 11.9. The van der Waals surface area contributed by atoms with Crippen molar-refractivity contribution in [3.05, 3.63) is 71.8 Å². The van der Waals surface area contributed by atoms with Gasteiger partial charge in [-0.1, -0.05) is 116 Å². The van der Waals surface area contributed by atoms with Crippen molar-refractivity contribution in [2.45, 2.75) is 214 Å². The van der Waals surface area contributed by atoms with Gasteiger partial charge >= 0.3 is 0 Å². The third kappa shape index (κ3) is 26.0. The van der Waals surface area contributed by atoms with E-state index in [1.54, 1.807) is 107 Å². The molecule has 27 heteroatoms. The smallest absolute Gasteiger partial charge is 0.248 e. The summed E-state index contributed by atoms with van der Waals surface area (Å²) in [5.41, 5.74) is 0.415. The van der Waals surface area contributed by atoms with Crippen LogP contribution in [0.15, 0.2) is 60.7 Å². The van der Waals surface area contributed by atoms with Gasteiger partial charge in [-0.05, 0) is 108 Å². The zero-order valence-electron chi connectivity index (χ0n) is 64.1. The van der Waals surface area contributed by atoms with Crippen LogP contribution in [-0.4, -0.2) is 276 Å². The quantitative estimate of drug-likeness (QED) is 0.126. The Labute approximate surface area is 605 Å². The number of carbonyl (C=O) groups excluding carboxylic acids is 12. The van der Waals surface area contributed by atoms with Crippen molar-refractivity contribution in [2.75, 3.05) is 94.8 Å². The lowest BCUT2D eigenvalue weighted by molar-refractivity contribution is -0.152. The van der Waals surface area contributed by atoms with Crippen molar-refractivity contribution in [1.82, 2.24) is 60.5 Å². The predicted molar refractivity (Wildman–Crippen MR) is 387 cm³/mol. The highest BCUT2D eigenvalue weighted by Crippen LogP contribution is 2.23. The molecule has 2 aliphatic rings. The molecule has 12 amide bonds. The number of benzene rings is 2. The van der Waals surface area contributed by atoms with Gasteiger partial charge in [-0.2, -0.15) is 0 Å². The van der Waals surface area contributed by atoms with Crippen LogP contribution in [-0.2, 0) is 79.8 Å². The van der Waals surface area contributed by atoms with E-state index in [9.17, 15) is 29.1 Å². The van der Waals surface area contributed by atoms with Crippen LogP contribution in [0.1, 0.15) is 146 Å². The first-order valence-corrected chi connectivity index (χ1v) is 36.1. The molecule has 0 aliphatic carbocycles. The third-order valence-electron chi connectivity index (χ3n) is 18.7. The zero-order valence-corrected chi connectivity index (χ0v) is 64.1. The molecule has 4 rings (SSSR count). The number of hydrogen-bond donors (Lipinski definition) is 5. The second kappa shape index (κ2) is 40.7. The number of likely N-dealkylation sites (N-methyl/N-ethyl adjacent to an activating group) is 6. The summed E-state index contributed by atoms with van der Waals surface area (Å²) in [7, 11) is 8.34. The molecule has 2 aromatic carbocycles. The highest BCUT2D eigenvalue weighted by Gasteiger charge is 2.44. The fourth-order valence-corrected chi connectivity index (χ4v) is 12.4. The molecule has 2 saturated heterocycles.